The first-order valence-electron chi connectivity index (χ1n) is 7.94. The summed E-state index contributed by atoms with van der Waals surface area (Å²) in [4.78, 5) is 12.0. The maximum atomic E-state index is 12.0. The largest absolute Gasteiger partial charge is 0.493 e. The molecule has 1 amide bonds. The van der Waals surface area contributed by atoms with Gasteiger partial charge >= 0.3 is 0 Å². The fourth-order valence-electron chi connectivity index (χ4n) is 3.44. The summed E-state index contributed by atoms with van der Waals surface area (Å²) in [6.07, 6.45) is 5.08. The molecule has 0 saturated carbocycles. The monoisotopic (exact) mass is 324 g/mol. The van der Waals surface area contributed by atoms with E-state index in [-0.39, 0.29) is 18.3 Å². The molecule has 2 atom stereocenters. The fourth-order valence-corrected chi connectivity index (χ4v) is 3.44. The number of halogens is 1. The second-order valence-electron chi connectivity index (χ2n) is 6.29. The van der Waals surface area contributed by atoms with Crippen molar-refractivity contribution in [3.8, 4) is 5.75 Å². The van der Waals surface area contributed by atoms with Crippen LogP contribution in [0.2, 0.25) is 0 Å². The summed E-state index contributed by atoms with van der Waals surface area (Å²) in [5, 5.41) is 6.75. The number of nitrogens with one attached hydrogen (secondary N) is 2. The van der Waals surface area contributed by atoms with Gasteiger partial charge in [-0.25, -0.2) is 0 Å². The van der Waals surface area contributed by atoms with E-state index < -0.39 is 0 Å². The molecule has 1 aromatic rings. The molecule has 2 saturated heterocycles. The van der Waals surface area contributed by atoms with Crippen molar-refractivity contribution >= 4 is 18.3 Å². The predicted octanol–water partition coefficient (Wildman–Crippen LogP) is 2.58. The zero-order valence-corrected chi connectivity index (χ0v) is 13.8. The topological polar surface area (TPSA) is 50.4 Å². The number of carbonyl (C=O) groups excluding carboxylic acids is 1. The van der Waals surface area contributed by atoms with Crippen molar-refractivity contribution in [1.29, 1.82) is 0 Å². The normalized spacial score (nSPS) is 26.1. The van der Waals surface area contributed by atoms with E-state index in [1.54, 1.807) is 0 Å². The number of aryl methyl sites for hydroxylation is 1. The highest BCUT2D eigenvalue weighted by molar-refractivity contribution is 5.85. The third-order valence-electron chi connectivity index (χ3n) is 4.43. The van der Waals surface area contributed by atoms with E-state index in [1.165, 1.54) is 18.4 Å². The van der Waals surface area contributed by atoms with Crippen LogP contribution in [0, 0.1) is 6.92 Å². The van der Waals surface area contributed by atoms with Gasteiger partial charge < -0.3 is 15.4 Å². The zero-order chi connectivity index (χ0) is 14.7. The van der Waals surface area contributed by atoms with Crippen LogP contribution in [0.3, 0.4) is 0 Å². The van der Waals surface area contributed by atoms with Gasteiger partial charge in [0.05, 0.1) is 13.0 Å². The smallest absolute Gasteiger partial charge is 0.223 e. The van der Waals surface area contributed by atoms with Gasteiger partial charge in [-0.05, 0) is 50.3 Å². The minimum absolute atomic E-state index is 0. The molecule has 0 aromatic heterocycles. The third kappa shape index (κ3) is 4.62. The number of fused-ring (bicyclic) bond motifs is 2. The van der Waals surface area contributed by atoms with Crippen molar-refractivity contribution < 1.29 is 9.53 Å². The van der Waals surface area contributed by atoms with Crippen LogP contribution in [0.15, 0.2) is 24.3 Å². The van der Waals surface area contributed by atoms with Crippen molar-refractivity contribution in [2.24, 2.45) is 0 Å². The zero-order valence-electron chi connectivity index (χ0n) is 13.0. The van der Waals surface area contributed by atoms with Gasteiger partial charge in [0.15, 0.2) is 0 Å². The van der Waals surface area contributed by atoms with E-state index in [4.69, 9.17) is 4.74 Å². The lowest BCUT2D eigenvalue weighted by Gasteiger charge is -2.29. The highest BCUT2D eigenvalue weighted by Gasteiger charge is 2.33. The van der Waals surface area contributed by atoms with Gasteiger partial charge in [0, 0.05) is 18.1 Å². The molecule has 2 N–H and O–H groups in total. The van der Waals surface area contributed by atoms with Crippen molar-refractivity contribution in [1.82, 2.24) is 10.6 Å². The van der Waals surface area contributed by atoms with E-state index in [9.17, 15) is 4.79 Å². The number of ether oxygens (including phenoxy) is 1. The molecule has 2 unspecified atom stereocenters. The second kappa shape index (κ2) is 7.84. The van der Waals surface area contributed by atoms with Crippen LogP contribution in [0.1, 0.15) is 37.7 Å². The van der Waals surface area contributed by atoms with Crippen molar-refractivity contribution in [3.63, 3.8) is 0 Å². The number of rotatable bonds is 5. The average Bonchev–Trinajstić information content (AvgIpc) is 2.78. The first-order valence-corrected chi connectivity index (χ1v) is 7.94. The third-order valence-corrected chi connectivity index (χ3v) is 4.43. The van der Waals surface area contributed by atoms with Crippen LogP contribution in [-0.4, -0.2) is 30.6 Å². The maximum absolute atomic E-state index is 12.0. The number of carbonyl (C=O) groups is 1. The Morgan fingerprint density at radius 2 is 2.05 bits per heavy atom. The minimum Gasteiger partial charge on any atom is -0.493 e. The summed E-state index contributed by atoms with van der Waals surface area (Å²) in [7, 11) is 0. The first-order chi connectivity index (χ1) is 10.2. The molecule has 1 aromatic carbocycles. The molecule has 2 heterocycles. The van der Waals surface area contributed by atoms with Crippen molar-refractivity contribution in [2.75, 3.05) is 6.61 Å². The molecule has 0 radical (unpaired) electrons. The molecule has 2 bridgehead atoms. The van der Waals surface area contributed by atoms with Gasteiger partial charge in [-0.2, -0.15) is 0 Å². The van der Waals surface area contributed by atoms with Gasteiger partial charge in [-0.15, -0.1) is 12.4 Å². The van der Waals surface area contributed by atoms with E-state index >= 15 is 0 Å². The van der Waals surface area contributed by atoms with Gasteiger partial charge in [0.25, 0.3) is 0 Å². The SMILES string of the molecule is Cc1cccc(OCCC(=O)NC2CC3CCC(C2)N3)c1.Cl. The Balaban J connectivity index is 0.00000176. The number of benzene rings is 1. The van der Waals surface area contributed by atoms with Crippen LogP contribution in [0.5, 0.6) is 5.75 Å². The van der Waals surface area contributed by atoms with Gasteiger partial charge in [0.2, 0.25) is 5.91 Å². The lowest BCUT2D eigenvalue weighted by atomic mass is 10.00. The highest BCUT2D eigenvalue weighted by Crippen LogP contribution is 2.26. The minimum atomic E-state index is 0. The average molecular weight is 325 g/mol. The van der Waals surface area contributed by atoms with E-state index in [0.717, 1.165) is 18.6 Å². The van der Waals surface area contributed by atoms with E-state index in [2.05, 4.69) is 10.6 Å². The van der Waals surface area contributed by atoms with E-state index in [0.29, 0.717) is 31.2 Å². The number of hydrogen-bond acceptors (Lipinski definition) is 3. The standard InChI is InChI=1S/C17H24N2O2.ClH/c1-12-3-2-4-16(9-12)21-8-7-17(20)19-15-10-13-5-6-14(11-15)18-13;/h2-4,9,13-15,18H,5-8,10-11H2,1H3,(H,19,20);1H. The summed E-state index contributed by atoms with van der Waals surface area (Å²) in [5.41, 5.74) is 1.17. The molecular weight excluding hydrogens is 300 g/mol. The van der Waals surface area contributed by atoms with Crippen LogP contribution in [0.4, 0.5) is 0 Å². The van der Waals surface area contributed by atoms with Crippen LogP contribution >= 0.6 is 12.4 Å². The molecule has 22 heavy (non-hydrogen) atoms. The van der Waals surface area contributed by atoms with Crippen LogP contribution in [0.25, 0.3) is 0 Å². The van der Waals surface area contributed by atoms with E-state index in [1.807, 2.05) is 31.2 Å². The van der Waals surface area contributed by atoms with Gasteiger partial charge in [0.1, 0.15) is 5.75 Å². The first kappa shape index (κ1) is 17.1. The molecule has 0 spiro atoms. The predicted molar refractivity (Wildman–Crippen MR) is 89.6 cm³/mol. The molecule has 4 nitrogen and oxygen atoms in total. The Labute approximate surface area is 138 Å². The van der Waals surface area contributed by atoms with Crippen LogP contribution < -0.4 is 15.4 Å². The van der Waals surface area contributed by atoms with Crippen molar-refractivity contribution in [2.45, 2.75) is 57.2 Å². The molecule has 5 heteroatoms. The Kier molecular flexibility index (Phi) is 6.09. The summed E-state index contributed by atoms with van der Waals surface area (Å²) < 4.78 is 5.63. The number of amides is 1. The lowest BCUT2D eigenvalue weighted by molar-refractivity contribution is -0.122. The van der Waals surface area contributed by atoms with Gasteiger partial charge in [-0.1, -0.05) is 12.1 Å². The molecule has 2 aliphatic rings. The quantitative estimate of drug-likeness (QED) is 0.875. The fraction of sp³-hybridized carbons (Fsp3) is 0.588. The molecule has 0 aliphatic carbocycles. The van der Waals surface area contributed by atoms with Gasteiger partial charge in [-0.3, -0.25) is 4.79 Å². The molecule has 3 rings (SSSR count). The van der Waals surface area contributed by atoms with Crippen LogP contribution in [-0.2, 0) is 4.79 Å². The Bertz CT molecular complexity index is 497. The molecule has 2 fully saturated rings. The maximum Gasteiger partial charge on any atom is 0.223 e. The van der Waals surface area contributed by atoms with Crippen molar-refractivity contribution in [3.05, 3.63) is 29.8 Å². The Morgan fingerprint density at radius 3 is 2.73 bits per heavy atom. The summed E-state index contributed by atoms with van der Waals surface area (Å²) in [6, 6.07) is 9.48. The second-order valence-corrected chi connectivity index (χ2v) is 6.29. The number of hydrogen-bond donors (Lipinski definition) is 2. The summed E-state index contributed by atoms with van der Waals surface area (Å²) in [6.45, 7) is 2.47. The Morgan fingerprint density at radius 1 is 1.32 bits per heavy atom. The lowest BCUT2D eigenvalue weighted by Crippen LogP contribution is -2.48. The molecular formula is C17H25ClN2O2. The summed E-state index contributed by atoms with van der Waals surface area (Å²) in [5.74, 6) is 0.941. The number of piperidine rings is 1. The Hall–Kier alpha value is -1.26. The highest BCUT2D eigenvalue weighted by atomic mass is 35.5. The summed E-state index contributed by atoms with van der Waals surface area (Å²) >= 11 is 0. The molecule has 122 valence electrons. The molecule has 2 aliphatic heterocycles.